The van der Waals surface area contributed by atoms with Gasteiger partial charge in [0.2, 0.25) is 15.9 Å². The lowest BCUT2D eigenvalue weighted by atomic mass is 9.95. The van der Waals surface area contributed by atoms with Gasteiger partial charge in [0.25, 0.3) is 0 Å². The molecule has 1 N–H and O–H groups in total. The van der Waals surface area contributed by atoms with Gasteiger partial charge in [0.15, 0.2) is 0 Å². The van der Waals surface area contributed by atoms with Crippen molar-refractivity contribution in [1.29, 1.82) is 0 Å². The Morgan fingerprint density at radius 3 is 2.35 bits per heavy atom. The number of amides is 1. The zero-order valence-electron chi connectivity index (χ0n) is 16.7. The van der Waals surface area contributed by atoms with E-state index in [1.54, 1.807) is 42.5 Å². The predicted octanol–water partition coefficient (Wildman–Crippen LogP) is 5.06. The highest BCUT2D eigenvalue weighted by Gasteiger charge is 2.39. The molecule has 1 aliphatic rings. The molecule has 0 bridgehead atoms. The highest BCUT2D eigenvalue weighted by Crippen LogP contribution is 2.32. The fourth-order valence-corrected chi connectivity index (χ4v) is 5.55. The van der Waals surface area contributed by atoms with Crippen molar-refractivity contribution in [3.8, 4) is 0 Å². The molecule has 1 unspecified atom stereocenters. The van der Waals surface area contributed by atoms with Crippen LogP contribution in [0.25, 0.3) is 0 Å². The van der Waals surface area contributed by atoms with Crippen LogP contribution in [0.1, 0.15) is 16.7 Å². The van der Waals surface area contributed by atoms with Crippen molar-refractivity contribution in [1.82, 2.24) is 4.31 Å². The molecule has 5 nitrogen and oxygen atoms in total. The standard InChI is InChI=1S/C23H20Cl2N2O3S/c1-15-9-11-18(12-10-15)31(29,30)27-14-17-6-3-2-5-16(17)13-21(27)23(28)26-20-8-4-7-19(24)22(20)25/h2-12,21H,13-14H2,1H3,(H,26,28). The Labute approximate surface area is 191 Å². The maximum absolute atomic E-state index is 13.5. The van der Waals surface area contributed by atoms with Crippen LogP contribution in [-0.2, 0) is 27.8 Å². The van der Waals surface area contributed by atoms with E-state index in [4.69, 9.17) is 23.2 Å². The van der Waals surface area contributed by atoms with Gasteiger partial charge in [-0.2, -0.15) is 4.31 Å². The number of nitrogens with zero attached hydrogens (tertiary/aromatic N) is 1. The molecule has 0 saturated heterocycles. The van der Waals surface area contributed by atoms with Gasteiger partial charge in [-0.05, 0) is 48.7 Å². The third-order valence-electron chi connectivity index (χ3n) is 5.35. The van der Waals surface area contributed by atoms with Crippen molar-refractivity contribution >= 4 is 44.8 Å². The molecule has 0 spiro atoms. The maximum Gasteiger partial charge on any atom is 0.244 e. The monoisotopic (exact) mass is 474 g/mol. The summed E-state index contributed by atoms with van der Waals surface area (Å²) in [7, 11) is -3.91. The van der Waals surface area contributed by atoms with E-state index in [-0.39, 0.29) is 22.9 Å². The fourth-order valence-electron chi connectivity index (χ4n) is 3.64. The maximum atomic E-state index is 13.5. The number of carbonyl (C=O) groups excluding carboxylic acids is 1. The Morgan fingerprint density at radius 1 is 0.968 bits per heavy atom. The summed E-state index contributed by atoms with van der Waals surface area (Å²) < 4.78 is 28.2. The average molecular weight is 475 g/mol. The molecule has 160 valence electrons. The molecule has 3 aromatic rings. The predicted molar refractivity (Wildman–Crippen MR) is 123 cm³/mol. The molecule has 31 heavy (non-hydrogen) atoms. The second kappa shape index (κ2) is 8.63. The number of fused-ring (bicyclic) bond motifs is 1. The SMILES string of the molecule is Cc1ccc(S(=O)(=O)N2Cc3ccccc3CC2C(=O)Nc2cccc(Cl)c2Cl)cc1. The van der Waals surface area contributed by atoms with Gasteiger partial charge in [-0.3, -0.25) is 4.79 Å². The lowest BCUT2D eigenvalue weighted by Gasteiger charge is -2.35. The van der Waals surface area contributed by atoms with Crippen molar-refractivity contribution in [2.45, 2.75) is 30.8 Å². The largest absolute Gasteiger partial charge is 0.323 e. The van der Waals surface area contributed by atoms with Crippen molar-refractivity contribution < 1.29 is 13.2 Å². The number of benzene rings is 3. The van der Waals surface area contributed by atoms with E-state index in [1.165, 1.54) is 4.31 Å². The summed E-state index contributed by atoms with van der Waals surface area (Å²) in [5.41, 5.74) is 3.11. The van der Waals surface area contributed by atoms with Crippen LogP contribution >= 0.6 is 23.2 Å². The van der Waals surface area contributed by atoms with Crippen molar-refractivity contribution in [3.63, 3.8) is 0 Å². The van der Waals surface area contributed by atoms with Gasteiger partial charge >= 0.3 is 0 Å². The van der Waals surface area contributed by atoms with Crippen LogP contribution in [0, 0.1) is 6.92 Å². The number of anilines is 1. The van der Waals surface area contributed by atoms with Crippen LogP contribution in [0.3, 0.4) is 0 Å². The summed E-state index contributed by atoms with van der Waals surface area (Å²) in [5.74, 6) is -0.464. The van der Waals surface area contributed by atoms with Gasteiger partial charge in [-0.1, -0.05) is 71.2 Å². The average Bonchev–Trinajstić information content (AvgIpc) is 2.76. The first kappa shape index (κ1) is 21.8. The number of nitrogens with one attached hydrogen (secondary N) is 1. The molecule has 0 fully saturated rings. The third-order valence-corrected chi connectivity index (χ3v) is 8.03. The Kier molecular flexibility index (Phi) is 6.08. The van der Waals surface area contributed by atoms with Gasteiger partial charge in [0.1, 0.15) is 6.04 Å². The Morgan fingerprint density at radius 2 is 1.65 bits per heavy atom. The van der Waals surface area contributed by atoms with Crippen LogP contribution < -0.4 is 5.32 Å². The first-order chi connectivity index (χ1) is 14.8. The van der Waals surface area contributed by atoms with Gasteiger partial charge in [-0.25, -0.2) is 8.42 Å². The summed E-state index contributed by atoms with van der Waals surface area (Å²) in [6.07, 6.45) is 0.255. The zero-order valence-corrected chi connectivity index (χ0v) is 19.0. The van der Waals surface area contributed by atoms with Crippen molar-refractivity contribution in [2.75, 3.05) is 5.32 Å². The lowest BCUT2D eigenvalue weighted by molar-refractivity contribution is -0.120. The minimum atomic E-state index is -3.91. The third kappa shape index (κ3) is 4.34. The molecule has 0 radical (unpaired) electrons. The van der Waals surface area contributed by atoms with Gasteiger partial charge < -0.3 is 5.32 Å². The summed E-state index contributed by atoms with van der Waals surface area (Å²) in [6, 6.07) is 18.1. The molecular formula is C23H20Cl2N2O3S. The minimum absolute atomic E-state index is 0.105. The van der Waals surface area contributed by atoms with Crippen molar-refractivity contribution in [3.05, 3.63) is 93.5 Å². The molecule has 4 rings (SSSR count). The van der Waals surface area contributed by atoms with Crippen LogP contribution in [0.2, 0.25) is 10.0 Å². The normalized spacial score (nSPS) is 16.5. The molecular weight excluding hydrogens is 455 g/mol. The summed E-state index contributed by atoms with van der Waals surface area (Å²) in [4.78, 5) is 13.4. The number of carbonyl (C=O) groups is 1. The quantitative estimate of drug-likeness (QED) is 0.574. The van der Waals surface area contributed by atoms with Gasteiger partial charge in [-0.15, -0.1) is 0 Å². The topological polar surface area (TPSA) is 66.5 Å². The van der Waals surface area contributed by atoms with Crippen LogP contribution in [0.4, 0.5) is 5.69 Å². The Bertz CT molecular complexity index is 1240. The second-order valence-electron chi connectivity index (χ2n) is 7.44. The summed E-state index contributed by atoms with van der Waals surface area (Å²) in [5, 5.41) is 3.27. The lowest BCUT2D eigenvalue weighted by Crippen LogP contribution is -2.50. The van der Waals surface area contributed by atoms with E-state index in [0.717, 1.165) is 16.7 Å². The van der Waals surface area contributed by atoms with E-state index >= 15 is 0 Å². The molecule has 1 heterocycles. The Balaban J connectivity index is 1.73. The van der Waals surface area contributed by atoms with Gasteiger partial charge in [0.05, 0.1) is 20.6 Å². The number of halogens is 2. The van der Waals surface area contributed by atoms with E-state index in [9.17, 15) is 13.2 Å². The molecule has 0 aromatic heterocycles. The first-order valence-corrected chi connectivity index (χ1v) is 11.9. The smallest absolute Gasteiger partial charge is 0.244 e. The fraction of sp³-hybridized carbons (Fsp3) is 0.174. The number of hydrogen-bond donors (Lipinski definition) is 1. The molecule has 1 amide bonds. The number of rotatable bonds is 4. The van der Waals surface area contributed by atoms with Crippen LogP contribution in [0.15, 0.2) is 71.6 Å². The minimum Gasteiger partial charge on any atom is -0.323 e. The molecule has 0 saturated carbocycles. The summed E-state index contributed by atoms with van der Waals surface area (Å²) >= 11 is 12.3. The van der Waals surface area contributed by atoms with Crippen LogP contribution in [-0.4, -0.2) is 24.7 Å². The van der Waals surface area contributed by atoms with E-state index < -0.39 is 22.0 Å². The Hall–Kier alpha value is -2.38. The molecule has 1 aliphatic heterocycles. The van der Waals surface area contributed by atoms with E-state index in [1.807, 2.05) is 31.2 Å². The van der Waals surface area contributed by atoms with E-state index in [0.29, 0.717) is 10.7 Å². The van der Waals surface area contributed by atoms with Gasteiger partial charge in [0, 0.05) is 6.54 Å². The molecule has 0 aliphatic carbocycles. The second-order valence-corrected chi connectivity index (χ2v) is 10.1. The summed E-state index contributed by atoms with van der Waals surface area (Å²) in [6.45, 7) is 1.99. The molecule has 1 atom stereocenters. The van der Waals surface area contributed by atoms with E-state index in [2.05, 4.69) is 5.32 Å². The molecule has 3 aromatic carbocycles. The van der Waals surface area contributed by atoms with Crippen molar-refractivity contribution in [2.24, 2.45) is 0 Å². The first-order valence-electron chi connectivity index (χ1n) is 9.67. The number of hydrogen-bond acceptors (Lipinski definition) is 3. The highest BCUT2D eigenvalue weighted by atomic mass is 35.5. The highest BCUT2D eigenvalue weighted by molar-refractivity contribution is 7.89. The number of aryl methyl sites for hydroxylation is 1. The number of sulfonamides is 1. The molecule has 8 heteroatoms. The van der Waals surface area contributed by atoms with Crippen LogP contribution in [0.5, 0.6) is 0 Å². The zero-order chi connectivity index (χ0) is 22.2.